The van der Waals surface area contributed by atoms with Crippen molar-refractivity contribution in [3.8, 4) is 5.75 Å². The summed E-state index contributed by atoms with van der Waals surface area (Å²) in [6.07, 6.45) is 1.60. The molecule has 1 fully saturated rings. The minimum Gasteiger partial charge on any atom is -0.487 e. The van der Waals surface area contributed by atoms with E-state index in [1.807, 2.05) is 24.3 Å². The lowest BCUT2D eigenvalue weighted by atomic mass is 10.1. The molecule has 0 aliphatic carbocycles. The molecule has 0 atom stereocenters. The number of amides is 2. The minimum absolute atomic E-state index is 0.0866. The number of likely N-dealkylation sites (N-methyl/N-ethyl adjacent to an activating group) is 2. The third-order valence-corrected chi connectivity index (χ3v) is 6.63. The zero-order chi connectivity index (χ0) is 21.3. The summed E-state index contributed by atoms with van der Waals surface area (Å²) in [5.41, 5.74) is 3.14. The molecule has 1 aliphatic heterocycles. The van der Waals surface area contributed by atoms with Crippen molar-refractivity contribution in [2.75, 3.05) is 14.1 Å². The van der Waals surface area contributed by atoms with E-state index >= 15 is 0 Å². The van der Waals surface area contributed by atoms with Crippen molar-refractivity contribution in [2.24, 2.45) is 0 Å². The summed E-state index contributed by atoms with van der Waals surface area (Å²) in [5.74, 6) is -0.0173. The zero-order valence-corrected chi connectivity index (χ0v) is 21.2. The van der Waals surface area contributed by atoms with Crippen molar-refractivity contribution >= 4 is 80.4 Å². The van der Waals surface area contributed by atoms with Crippen LogP contribution in [0.4, 0.5) is 0 Å². The van der Waals surface area contributed by atoms with Gasteiger partial charge in [-0.3, -0.25) is 19.4 Å². The van der Waals surface area contributed by atoms with E-state index in [1.54, 1.807) is 20.2 Å². The maximum atomic E-state index is 12.5. The summed E-state index contributed by atoms with van der Waals surface area (Å²) in [7, 11) is 3.13. The van der Waals surface area contributed by atoms with E-state index in [2.05, 4.69) is 64.2 Å². The number of halogens is 2. The summed E-state index contributed by atoms with van der Waals surface area (Å²) in [6.45, 7) is 2.52. The van der Waals surface area contributed by atoms with E-state index in [9.17, 15) is 9.59 Å². The molecule has 1 heterocycles. The number of hydrogen-bond donors (Lipinski definition) is 0. The van der Waals surface area contributed by atoms with Gasteiger partial charge in [-0.1, -0.05) is 29.8 Å². The van der Waals surface area contributed by atoms with E-state index in [0.717, 1.165) is 24.0 Å². The van der Waals surface area contributed by atoms with Crippen LogP contribution in [0.1, 0.15) is 16.7 Å². The molecule has 0 unspecified atom stereocenters. The molecule has 2 amide bonds. The number of carbonyl (C=O) groups is 2. The standard InChI is InChI=1S/C21H18I2N2O3S/c1-12-4-6-13(7-5-12)11-28-18-16(22)9-14(10-17(18)23)8-15-19(26)24(2)21(29)25(3)20(15)27/h4-10H,11H2,1-3H3. The van der Waals surface area contributed by atoms with Crippen molar-refractivity contribution in [1.29, 1.82) is 0 Å². The van der Waals surface area contributed by atoms with Crippen LogP contribution in [-0.4, -0.2) is 40.8 Å². The maximum absolute atomic E-state index is 12.5. The number of benzene rings is 2. The van der Waals surface area contributed by atoms with Gasteiger partial charge in [0.1, 0.15) is 17.9 Å². The highest BCUT2D eigenvalue weighted by atomic mass is 127. The molecule has 150 valence electrons. The minimum atomic E-state index is -0.400. The highest BCUT2D eigenvalue weighted by molar-refractivity contribution is 14.1. The smallest absolute Gasteiger partial charge is 0.265 e. The number of nitrogens with zero attached hydrogens (tertiary/aromatic N) is 2. The molecule has 3 rings (SSSR count). The van der Waals surface area contributed by atoms with Crippen molar-refractivity contribution in [3.05, 3.63) is 65.8 Å². The van der Waals surface area contributed by atoms with Crippen LogP contribution in [0.5, 0.6) is 5.75 Å². The third kappa shape index (κ3) is 4.80. The molecule has 0 N–H and O–H groups in total. The molecule has 0 radical (unpaired) electrons. The number of carbonyl (C=O) groups excluding carboxylic acids is 2. The lowest BCUT2D eigenvalue weighted by molar-refractivity contribution is -0.132. The first-order valence-electron chi connectivity index (χ1n) is 8.68. The van der Waals surface area contributed by atoms with Gasteiger partial charge in [-0.25, -0.2) is 0 Å². The van der Waals surface area contributed by atoms with Crippen molar-refractivity contribution in [3.63, 3.8) is 0 Å². The molecule has 29 heavy (non-hydrogen) atoms. The van der Waals surface area contributed by atoms with E-state index < -0.39 is 11.8 Å². The first-order chi connectivity index (χ1) is 13.7. The summed E-state index contributed by atoms with van der Waals surface area (Å²) in [4.78, 5) is 27.6. The Kier molecular flexibility index (Phi) is 6.94. The fourth-order valence-electron chi connectivity index (χ4n) is 2.78. The Balaban J connectivity index is 1.86. The molecular formula is C21H18I2N2O3S. The molecule has 1 aliphatic rings. The molecule has 2 aromatic carbocycles. The van der Waals surface area contributed by atoms with E-state index in [1.165, 1.54) is 15.4 Å². The Hall–Kier alpha value is -1.53. The third-order valence-electron chi connectivity index (χ3n) is 4.48. The van der Waals surface area contributed by atoms with E-state index in [-0.39, 0.29) is 10.7 Å². The molecule has 0 spiro atoms. The molecule has 0 aromatic heterocycles. The summed E-state index contributed by atoms with van der Waals surface area (Å²) in [5, 5.41) is 0.196. The van der Waals surface area contributed by atoms with Gasteiger partial charge in [0.25, 0.3) is 11.8 Å². The topological polar surface area (TPSA) is 49.9 Å². The molecule has 0 bridgehead atoms. The van der Waals surface area contributed by atoms with Crippen LogP contribution in [0.3, 0.4) is 0 Å². The summed E-state index contributed by atoms with van der Waals surface area (Å²) < 4.78 is 7.83. The normalized spacial score (nSPS) is 14.5. The fraction of sp³-hybridized carbons (Fsp3) is 0.190. The highest BCUT2D eigenvalue weighted by Crippen LogP contribution is 2.31. The lowest BCUT2D eigenvalue weighted by Crippen LogP contribution is -2.52. The van der Waals surface area contributed by atoms with Gasteiger partial charge in [-0.15, -0.1) is 0 Å². The number of ether oxygens (including phenoxy) is 1. The van der Waals surface area contributed by atoms with Gasteiger partial charge in [0.05, 0.1) is 7.14 Å². The van der Waals surface area contributed by atoms with Crippen molar-refractivity contribution in [1.82, 2.24) is 9.80 Å². The Bertz CT molecular complexity index is 986. The molecule has 2 aromatic rings. The van der Waals surface area contributed by atoms with Crippen LogP contribution in [-0.2, 0) is 16.2 Å². The Morgan fingerprint density at radius 3 is 2.03 bits per heavy atom. The van der Waals surface area contributed by atoms with Gasteiger partial charge in [-0.2, -0.15) is 0 Å². The van der Waals surface area contributed by atoms with Crippen molar-refractivity contribution in [2.45, 2.75) is 13.5 Å². The lowest BCUT2D eigenvalue weighted by Gasteiger charge is -2.31. The van der Waals surface area contributed by atoms with Crippen LogP contribution >= 0.6 is 57.4 Å². The average Bonchev–Trinajstić information content (AvgIpc) is 2.69. The van der Waals surface area contributed by atoms with Crippen LogP contribution < -0.4 is 4.74 Å². The first-order valence-corrected chi connectivity index (χ1v) is 11.2. The SMILES string of the molecule is Cc1ccc(COc2c(I)cc(C=C3C(=O)N(C)C(=S)N(C)C3=O)cc2I)cc1. The van der Waals surface area contributed by atoms with Crippen LogP contribution in [0, 0.1) is 14.1 Å². The fourth-order valence-corrected chi connectivity index (χ4v) is 5.08. The Labute approximate surface area is 202 Å². The Morgan fingerprint density at radius 1 is 1.00 bits per heavy atom. The Morgan fingerprint density at radius 2 is 1.52 bits per heavy atom. The van der Waals surface area contributed by atoms with E-state index in [0.29, 0.717) is 6.61 Å². The van der Waals surface area contributed by atoms with Gasteiger partial charge in [0.15, 0.2) is 5.11 Å². The average molecular weight is 632 g/mol. The number of aryl methyl sites for hydroxylation is 1. The second-order valence-corrected chi connectivity index (χ2v) is 9.35. The molecule has 5 nitrogen and oxygen atoms in total. The first kappa shape index (κ1) is 22.2. The summed E-state index contributed by atoms with van der Waals surface area (Å²) in [6, 6.07) is 12.0. The number of thiocarbonyl (C=S) groups is 1. The van der Waals surface area contributed by atoms with Gasteiger partial charge in [0.2, 0.25) is 0 Å². The second-order valence-electron chi connectivity index (χ2n) is 6.66. The van der Waals surface area contributed by atoms with Gasteiger partial charge in [-0.05, 0) is 93.7 Å². The largest absolute Gasteiger partial charge is 0.487 e. The van der Waals surface area contributed by atoms with Crippen LogP contribution in [0.2, 0.25) is 0 Å². The number of hydrogen-bond acceptors (Lipinski definition) is 4. The predicted octanol–water partition coefficient (Wildman–Crippen LogP) is 4.38. The predicted molar refractivity (Wildman–Crippen MR) is 134 cm³/mol. The quantitative estimate of drug-likeness (QED) is 0.218. The molecular weight excluding hydrogens is 614 g/mol. The zero-order valence-electron chi connectivity index (χ0n) is 16.0. The highest BCUT2D eigenvalue weighted by Gasteiger charge is 2.35. The van der Waals surface area contributed by atoms with Gasteiger partial charge < -0.3 is 4.74 Å². The monoisotopic (exact) mass is 632 g/mol. The maximum Gasteiger partial charge on any atom is 0.265 e. The molecule has 0 saturated carbocycles. The van der Waals surface area contributed by atoms with Crippen LogP contribution in [0.25, 0.3) is 6.08 Å². The second kappa shape index (κ2) is 9.09. The van der Waals surface area contributed by atoms with E-state index in [4.69, 9.17) is 17.0 Å². The summed E-state index contributed by atoms with van der Waals surface area (Å²) >= 11 is 9.53. The molecule has 8 heteroatoms. The van der Waals surface area contributed by atoms with Crippen molar-refractivity contribution < 1.29 is 14.3 Å². The molecule has 1 saturated heterocycles. The number of rotatable bonds is 4. The van der Waals surface area contributed by atoms with Crippen LogP contribution in [0.15, 0.2) is 42.0 Å². The van der Waals surface area contributed by atoms with Gasteiger partial charge in [0, 0.05) is 14.1 Å². The van der Waals surface area contributed by atoms with Gasteiger partial charge >= 0.3 is 0 Å².